The standard InChI is InChI=1S/C13H22N2O4S/c1-13(2,3)8-20(16,17)15-10-7-12(19-5)11(18-4)6-9(10)14/h6-7,15H,8,14H2,1-5H3. The number of nitrogens with two attached hydrogens (primary N) is 1. The molecule has 0 saturated heterocycles. The topological polar surface area (TPSA) is 90.6 Å². The molecule has 0 amide bonds. The van der Waals surface area contributed by atoms with Gasteiger partial charge in [-0.2, -0.15) is 0 Å². The lowest BCUT2D eigenvalue weighted by molar-refractivity contribution is 0.355. The molecule has 3 N–H and O–H groups in total. The normalized spacial score (nSPS) is 12.1. The maximum absolute atomic E-state index is 12.1. The first-order chi connectivity index (χ1) is 9.08. The van der Waals surface area contributed by atoms with Gasteiger partial charge in [0.2, 0.25) is 10.0 Å². The van der Waals surface area contributed by atoms with Crippen LogP contribution in [0.25, 0.3) is 0 Å². The Morgan fingerprint density at radius 2 is 1.65 bits per heavy atom. The monoisotopic (exact) mass is 302 g/mol. The molecule has 0 saturated carbocycles. The number of methoxy groups -OCH3 is 2. The van der Waals surface area contributed by atoms with Gasteiger partial charge in [-0.3, -0.25) is 4.72 Å². The first kappa shape index (κ1) is 16.4. The molecule has 0 radical (unpaired) electrons. The summed E-state index contributed by atoms with van der Waals surface area (Å²) in [7, 11) is -0.525. The summed E-state index contributed by atoms with van der Waals surface area (Å²) >= 11 is 0. The summed E-state index contributed by atoms with van der Waals surface area (Å²) in [6.45, 7) is 5.55. The first-order valence-corrected chi connectivity index (χ1v) is 7.75. The quantitative estimate of drug-likeness (QED) is 0.813. The highest BCUT2D eigenvalue weighted by Crippen LogP contribution is 2.35. The van der Waals surface area contributed by atoms with Gasteiger partial charge in [0.15, 0.2) is 11.5 Å². The van der Waals surface area contributed by atoms with Gasteiger partial charge in [0.25, 0.3) is 0 Å². The van der Waals surface area contributed by atoms with Crippen LogP contribution in [0.2, 0.25) is 0 Å². The molecule has 0 unspecified atom stereocenters. The summed E-state index contributed by atoms with van der Waals surface area (Å²) in [5.41, 5.74) is 6.04. The van der Waals surface area contributed by atoms with Crippen LogP contribution in [0.3, 0.4) is 0 Å². The zero-order valence-electron chi connectivity index (χ0n) is 12.5. The Morgan fingerprint density at radius 3 is 2.10 bits per heavy atom. The van der Waals surface area contributed by atoms with Gasteiger partial charge in [0.05, 0.1) is 31.3 Å². The second kappa shape index (κ2) is 5.78. The lowest BCUT2D eigenvalue weighted by Gasteiger charge is -2.20. The van der Waals surface area contributed by atoms with E-state index in [-0.39, 0.29) is 22.5 Å². The van der Waals surface area contributed by atoms with Crippen molar-refractivity contribution in [1.29, 1.82) is 0 Å². The molecular weight excluding hydrogens is 280 g/mol. The van der Waals surface area contributed by atoms with Crippen molar-refractivity contribution in [2.45, 2.75) is 20.8 Å². The number of benzene rings is 1. The summed E-state index contributed by atoms with van der Waals surface area (Å²) in [5, 5.41) is 0. The highest BCUT2D eigenvalue weighted by molar-refractivity contribution is 7.92. The number of rotatable bonds is 5. The van der Waals surface area contributed by atoms with Gasteiger partial charge >= 0.3 is 0 Å². The molecule has 0 aromatic heterocycles. The fourth-order valence-corrected chi connectivity index (χ4v) is 3.48. The average Bonchev–Trinajstić information content (AvgIpc) is 2.27. The third kappa shape index (κ3) is 4.48. The van der Waals surface area contributed by atoms with E-state index in [0.717, 1.165) is 0 Å². The van der Waals surface area contributed by atoms with E-state index < -0.39 is 10.0 Å². The summed E-state index contributed by atoms with van der Waals surface area (Å²) in [6, 6.07) is 3.03. The van der Waals surface area contributed by atoms with Crippen molar-refractivity contribution in [2.75, 3.05) is 30.4 Å². The molecule has 0 spiro atoms. The Morgan fingerprint density at radius 1 is 1.15 bits per heavy atom. The van der Waals surface area contributed by atoms with Crippen LogP contribution in [-0.2, 0) is 10.0 Å². The molecule has 0 bridgehead atoms. The molecule has 0 fully saturated rings. The minimum atomic E-state index is -3.49. The lowest BCUT2D eigenvalue weighted by atomic mass is 10.0. The minimum absolute atomic E-state index is 0.00617. The molecule has 0 atom stereocenters. The van der Waals surface area contributed by atoms with Crippen LogP contribution in [0.15, 0.2) is 12.1 Å². The van der Waals surface area contributed by atoms with E-state index in [1.54, 1.807) is 0 Å². The van der Waals surface area contributed by atoms with Gasteiger partial charge in [-0.15, -0.1) is 0 Å². The van der Waals surface area contributed by atoms with Crippen LogP contribution in [0.5, 0.6) is 11.5 Å². The Kier molecular flexibility index (Phi) is 4.75. The van der Waals surface area contributed by atoms with Gasteiger partial charge in [-0.1, -0.05) is 20.8 Å². The Labute approximate surface area is 120 Å². The molecule has 0 aliphatic rings. The largest absolute Gasteiger partial charge is 0.493 e. The van der Waals surface area contributed by atoms with Crippen molar-refractivity contribution in [3.05, 3.63) is 12.1 Å². The highest BCUT2D eigenvalue weighted by Gasteiger charge is 2.22. The number of ether oxygens (including phenoxy) is 2. The third-order valence-electron chi connectivity index (χ3n) is 2.44. The molecule has 1 rings (SSSR count). The predicted molar refractivity (Wildman–Crippen MR) is 80.8 cm³/mol. The predicted octanol–water partition coefficient (Wildman–Crippen LogP) is 2.07. The average molecular weight is 302 g/mol. The van der Waals surface area contributed by atoms with E-state index in [9.17, 15) is 8.42 Å². The van der Waals surface area contributed by atoms with Crippen LogP contribution in [0, 0.1) is 5.41 Å². The van der Waals surface area contributed by atoms with Crippen molar-refractivity contribution in [1.82, 2.24) is 0 Å². The van der Waals surface area contributed by atoms with Crippen molar-refractivity contribution in [3.8, 4) is 11.5 Å². The Hall–Kier alpha value is -1.63. The maximum atomic E-state index is 12.1. The molecule has 1 aromatic rings. The van der Waals surface area contributed by atoms with Crippen molar-refractivity contribution < 1.29 is 17.9 Å². The van der Waals surface area contributed by atoms with Crippen LogP contribution in [0.1, 0.15) is 20.8 Å². The van der Waals surface area contributed by atoms with Crippen LogP contribution >= 0.6 is 0 Å². The van der Waals surface area contributed by atoms with E-state index >= 15 is 0 Å². The van der Waals surface area contributed by atoms with Crippen LogP contribution < -0.4 is 19.9 Å². The fourth-order valence-electron chi connectivity index (χ4n) is 1.76. The second-order valence-electron chi connectivity index (χ2n) is 5.72. The molecule has 20 heavy (non-hydrogen) atoms. The van der Waals surface area contributed by atoms with Crippen molar-refractivity contribution in [2.24, 2.45) is 5.41 Å². The number of hydrogen-bond acceptors (Lipinski definition) is 5. The van der Waals surface area contributed by atoms with Crippen molar-refractivity contribution in [3.63, 3.8) is 0 Å². The fraction of sp³-hybridized carbons (Fsp3) is 0.538. The molecule has 0 aliphatic heterocycles. The SMILES string of the molecule is COc1cc(N)c(NS(=O)(=O)CC(C)(C)C)cc1OC. The number of nitrogen functional groups attached to an aromatic ring is 1. The summed E-state index contributed by atoms with van der Waals surface area (Å²) in [6.07, 6.45) is 0. The third-order valence-corrected chi connectivity index (χ3v) is 4.22. The number of anilines is 2. The summed E-state index contributed by atoms with van der Waals surface area (Å²) in [4.78, 5) is 0. The van der Waals surface area contributed by atoms with E-state index in [1.807, 2.05) is 20.8 Å². The number of sulfonamides is 1. The highest BCUT2D eigenvalue weighted by atomic mass is 32.2. The summed E-state index contributed by atoms with van der Waals surface area (Å²) in [5.74, 6) is 0.854. The summed E-state index contributed by atoms with van der Waals surface area (Å²) < 4.78 is 36.9. The molecule has 1 aromatic carbocycles. The lowest BCUT2D eigenvalue weighted by Crippen LogP contribution is -2.26. The molecule has 6 nitrogen and oxygen atoms in total. The molecule has 114 valence electrons. The van der Waals surface area contributed by atoms with E-state index in [1.165, 1.54) is 26.4 Å². The van der Waals surface area contributed by atoms with E-state index in [2.05, 4.69) is 4.72 Å². The number of hydrogen-bond donors (Lipinski definition) is 2. The molecule has 0 aliphatic carbocycles. The van der Waals surface area contributed by atoms with Crippen LogP contribution in [-0.4, -0.2) is 28.4 Å². The molecule has 7 heteroatoms. The molecule has 0 heterocycles. The minimum Gasteiger partial charge on any atom is -0.493 e. The van der Waals surface area contributed by atoms with E-state index in [4.69, 9.17) is 15.2 Å². The molecular formula is C13H22N2O4S. The zero-order valence-corrected chi connectivity index (χ0v) is 13.3. The smallest absolute Gasteiger partial charge is 0.233 e. The number of nitrogens with one attached hydrogen (secondary N) is 1. The van der Waals surface area contributed by atoms with Gasteiger partial charge in [0.1, 0.15) is 0 Å². The van der Waals surface area contributed by atoms with Crippen molar-refractivity contribution >= 4 is 21.4 Å². The maximum Gasteiger partial charge on any atom is 0.233 e. The first-order valence-electron chi connectivity index (χ1n) is 6.10. The van der Waals surface area contributed by atoms with E-state index in [0.29, 0.717) is 11.5 Å². The zero-order chi connectivity index (χ0) is 15.6. The Balaban J connectivity index is 3.10. The van der Waals surface area contributed by atoms with Gasteiger partial charge in [-0.25, -0.2) is 8.42 Å². The second-order valence-corrected chi connectivity index (χ2v) is 7.44. The van der Waals surface area contributed by atoms with Gasteiger partial charge in [-0.05, 0) is 5.41 Å². The van der Waals surface area contributed by atoms with Gasteiger partial charge in [0, 0.05) is 12.1 Å². The van der Waals surface area contributed by atoms with Crippen LogP contribution in [0.4, 0.5) is 11.4 Å². The Bertz CT molecular complexity index is 577. The van der Waals surface area contributed by atoms with Gasteiger partial charge < -0.3 is 15.2 Å².